The minimum atomic E-state index is 0. The number of benzene rings is 2. The molecule has 3 aromatic rings. The maximum absolute atomic E-state index is 5.77. The van der Waals surface area contributed by atoms with Crippen LogP contribution in [0, 0.1) is 0 Å². The Balaban J connectivity index is 0.00000341. The van der Waals surface area contributed by atoms with Crippen LogP contribution in [-0.4, -0.2) is 42.6 Å². The molecule has 0 saturated carbocycles. The minimum Gasteiger partial charge on any atom is -0.493 e. The Morgan fingerprint density at radius 1 is 1.06 bits per heavy atom. The Kier molecular flexibility index (Phi) is 10.9. The van der Waals surface area contributed by atoms with E-state index in [-0.39, 0.29) is 24.0 Å². The molecule has 2 N–H and O–H groups in total. The first kappa shape index (κ1) is 24.7. The quantitative estimate of drug-likeness (QED) is 0.173. The van der Waals surface area contributed by atoms with Gasteiger partial charge in [0.2, 0.25) is 0 Å². The lowest BCUT2D eigenvalue weighted by atomic mass is 10.3. The molecule has 0 aliphatic heterocycles. The van der Waals surface area contributed by atoms with Gasteiger partial charge in [0.1, 0.15) is 5.75 Å². The lowest BCUT2D eigenvalue weighted by Gasteiger charge is -2.12. The Morgan fingerprint density at radius 2 is 1.90 bits per heavy atom. The second kappa shape index (κ2) is 13.7. The topological polar surface area (TPSA) is 72.7 Å². The number of hydrogen-bond acceptors (Lipinski definition) is 4. The van der Waals surface area contributed by atoms with E-state index in [0.717, 1.165) is 35.8 Å². The summed E-state index contributed by atoms with van der Waals surface area (Å²) in [6.07, 6.45) is 2.80. The Labute approximate surface area is 200 Å². The predicted molar refractivity (Wildman–Crippen MR) is 136 cm³/mol. The lowest BCUT2D eigenvalue weighted by Crippen LogP contribution is -2.30. The molecular weight excluding hydrogens is 505 g/mol. The maximum atomic E-state index is 5.77. The average Bonchev–Trinajstić information content (AvgIpc) is 3.25. The van der Waals surface area contributed by atoms with Gasteiger partial charge < -0.3 is 20.1 Å². The molecule has 0 saturated heterocycles. The highest BCUT2D eigenvalue weighted by Crippen LogP contribution is 2.17. The summed E-state index contributed by atoms with van der Waals surface area (Å²) in [6.45, 7) is 4.58. The van der Waals surface area contributed by atoms with Gasteiger partial charge in [0.15, 0.2) is 5.96 Å². The fourth-order valence-corrected chi connectivity index (χ4v) is 2.83. The van der Waals surface area contributed by atoms with Crippen molar-refractivity contribution in [2.24, 2.45) is 4.99 Å². The summed E-state index contributed by atoms with van der Waals surface area (Å²) in [4.78, 5) is 4.66. The van der Waals surface area contributed by atoms with Gasteiger partial charge in [-0.05, 0) is 37.3 Å². The SMILES string of the molecule is CCNC(=NCc1ccn(-c2ccccc2)n1)Nc1cccc(OCCCOC)c1.I. The first-order chi connectivity index (χ1) is 14.8. The number of hydrogen-bond donors (Lipinski definition) is 2. The molecule has 7 nitrogen and oxygen atoms in total. The van der Waals surface area contributed by atoms with E-state index in [1.807, 2.05) is 78.5 Å². The molecule has 166 valence electrons. The van der Waals surface area contributed by atoms with E-state index in [1.165, 1.54) is 0 Å². The smallest absolute Gasteiger partial charge is 0.196 e. The lowest BCUT2D eigenvalue weighted by molar-refractivity contribution is 0.172. The second-order valence-electron chi connectivity index (χ2n) is 6.63. The van der Waals surface area contributed by atoms with Crippen LogP contribution < -0.4 is 15.4 Å². The van der Waals surface area contributed by atoms with Gasteiger partial charge in [-0.25, -0.2) is 9.67 Å². The summed E-state index contributed by atoms with van der Waals surface area (Å²) in [5, 5.41) is 11.2. The molecule has 1 heterocycles. The molecule has 0 spiro atoms. The van der Waals surface area contributed by atoms with Crippen LogP contribution in [0.25, 0.3) is 5.69 Å². The van der Waals surface area contributed by atoms with Gasteiger partial charge in [-0.15, -0.1) is 24.0 Å². The number of nitrogens with zero attached hydrogens (tertiary/aromatic N) is 3. The van der Waals surface area contributed by atoms with Crippen LogP contribution >= 0.6 is 24.0 Å². The number of aromatic nitrogens is 2. The summed E-state index contributed by atoms with van der Waals surface area (Å²) in [5.41, 5.74) is 2.83. The summed E-state index contributed by atoms with van der Waals surface area (Å²) >= 11 is 0. The first-order valence-electron chi connectivity index (χ1n) is 10.2. The average molecular weight is 535 g/mol. The third-order valence-electron chi connectivity index (χ3n) is 4.27. The Bertz CT molecular complexity index is 930. The first-order valence-corrected chi connectivity index (χ1v) is 10.2. The van der Waals surface area contributed by atoms with Crippen LogP contribution in [0.15, 0.2) is 71.9 Å². The van der Waals surface area contributed by atoms with Crippen LogP contribution in [-0.2, 0) is 11.3 Å². The molecule has 3 rings (SSSR count). The molecule has 0 amide bonds. The molecular formula is C23H30IN5O2. The van der Waals surface area contributed by atoms with Crippen molar-refractivity contribution in [1.29, 1.82) is 0 Å². The third-order valence-corrected chi connectivity index (χ3v) is 4.27. The highest BCUT2D eigenvalue weighted by molar-refractivity contribution is 14.0. The Hall–Kier alpha value is -2.59. The van der Waals surface area contributed by atoms with Gasteiger partial charge in [-0.1, -0.05) is 24.3 Å². The van der Waals surface area contributed by atoms with Crippen molar-refractivity contribution < 1.29 is 9.47 Å². The van der Waals surface area contributed by atoms with Crippen molar-refractivity contribution in [3.63, 3.8) is 0 Å². The van der Waals surface area contributed by atoms with Crippen molar-refractivity contribution in [1.82, 2.24) is 15.1 Å². The summed E-state index contributed by atoms with van der Waals surface area (Å²) in [5.74, 6) is 1.51. The highest BCUT2D eigenvalue weighted by Gasteiger charge is 2.04. The maximum Gasteiger partial charge on any atom is 0.196 e. The molecule has 8 heteroatoms. The van der Waals surface area contributed by atoms with Crippen LogP contribution in [0.4, 0.5) is 5.69 Å². The fraction of sp³-hybridized carbons (Fsp3) is 0.304. The van der Waals surface area contributed by atoms with Gasteiger partial charge in [0, 0.05) is 44.6 Å². The standard InChI is InChI=1S/C23H29N5O2.HI/c1-3-24-23(26-19-9-7-12-22(17-19)30-16-8-15-29-2)25-18-20-13-14-28(27-20)21-10-5-4-6-11-21;/h4-7,9-14,17H,3,8,15-16,18H2,1-2H3,(H2,24,25,26);1H. The largest absolute Gasteiger partial charge is 0.493 e. The summed E-state index contributed by atoms with van der Waals surface area (Å²) < 4.78 is 12.7. The summed E-state index contributed by atoms with van der Waals surface area (Å²) in [7, 11) is 1.69. The predicted octanol–water partition coefficient (Wildman–Crippen LogP) is 4.48. The van der Waals surface area contributed by atoms with E-state index >= 15 is 0 Å². The van der Waals surface area contributed by atoms with Crippen molar-refractivity contribution in [3.05, 3.63) is 72.6 Å². The number of ether oxygens (including phenoxy) is 2. The number of aliphatic imine (C=N–C) groups is 1. The minimum absolute atomic E-state index is 0. The molecule has 1 aromatic heterocycles. The van der Waals surface area contributed by atoms with E-state index in [9.17, 15) is 0 Å². The van der Waals surface area contributed by atoms with E-state index in [2.05, 4.69) is 20.7 Å². The van der Waals surface area contributed by atoms with Gasteiger partial charge >= 0.3 is 0 Å². The number of guanidine groups is 1. The third kappa shape index (κ3) is 8.22. The van der Waals surface area contributed by atoms with Crippen LogP contribution in [0.2, 0.25) is 0 Å². The molecule has 0 fully saturated rings. The van der Waals surface area contributed by atoms with E-state index in [4.69, 9.17) is 9.47 Å². The van der Waals surface area contributed by atoms with Crippen molar-refractivity contribution in [3.8, 4) is 11.4 Å². The van der Waals surface area contributed by atoms with Gasteiger partial charge in [0.05, 0.1) is 24.5 Å². The number of anilines is 1. The normalized spacial score (nSPS) is 11.0. The van der Waals surface area contributed by atoms with E-state index in [1.54, 1.807) is 7.11 Å². The van der Waals surface area contributed by atoms with Crippen molar-refractivity contribution in [2.75, 3.05) is 32.2 Å². The van der Waals surface area contributed by atoms with Crippen LogP contribution in [0.5, 0.6) is 5.75 Å². The molecule has 0 bridgehead atoms. The zero-order valence-corrected chi connectivity index (χ0v) is 20.3. The molecule has 31 heavy (non-hydrogen) atoms. The zero-order chi connectivity index (χ0) is 21.0. The highest BCUT2D eigenvalue weighted by atomic mass is 127. The molecule has 2 aromatic carbocycles. The molecule has 0 atom stereocenters. The fourth-order valence-electron chi connectivity index (χ4n) is 2.83. The van der Waals surface area contributed by atoms with Crippen molar-refractivity contribution in [2.45, 2.75) is 19.9 Å². The van der Waals surface area contributed by atoms with Gasteiger partial charge in [-0.3, -0.25) is 0 Å². The van der Waals surface area contributed by atoms with Gasteiger partial charge in [0.25, 0.3) is 0 Å². The monoisotopic (exact) mass is 535 g/mol. The summed E-state index contributed by atoms with van der Waals surface area (Å²) in [6, 6.07) is 19.9. The number of halogens is 1. The molecule has 0 aliphatic rings. The van der Waals surface area contributed by atoms with E-state index < -0.39 is 0 Å². The second-order valence-corrected chi connectivity index (χ2v) is 6.63. The van der Waals surface area contributed by atoms with E-state index in [0.29, 0.717) is 25.7 Å². The van der Waals surface area contributed by atoms with Crippen LogP contribution in [0.1, 0.15) is 19.0 Å². The molecule has 0 unspecified atom stereocenters. The van der Waals surface area contributed by atoms with Gasteiger partial charge in [-0.2, -0.15) is 5.10 Å². The number of methoxy groups -OCH3 is 1. The molecule has 0 radical (unpaired) electrons. The van der Waals surface area contributed by atoms with Crippen LogP contribution in [0.3, 0.4) is 0 Å². The number of nitrogens with one attached hydrogen (secondary N) is 2. The Morgan fingerprint density at radius 3 is 2.68 bits per heavy atom. The number of para-hydroxylation sites is 1. The van der Waals surface area contributed by atoms with Crippen molar-refractivity contribution >= 4 is 35.6 Å². The number of rotatable bonds is 10. The zero-order valence-electron chi connectivity index (χ0n) is 18.0. The molecule has 0 aliphatic carbocycles.